The number of hydrogen-bond donors (Lipinski definition) is 3. The molecule has 3 N–H and O–H groups in total. The van der Waals surface area contributed by atoms with Crippen molar-refractivity contribution in [2.24, 2.45) is 5.92 Å². The molecule has 9 heteroatoms. The Balaban J connectivity index is 1.28. The van der Waals surface area contributed by atoms with Gasteiger partial charge in [-0.25, -0.2) is 8.42 Å². The largest absolute Gasteiger partial charge is 0.377 e. The number of anilines is 2. The van der Waals surface area contributed by atoms with E-state index in [-0.39, 0.29) is 16.1 Å². The molecular weight excluding hydrogens is 498 g/mol. The van der Waals surface area contributed by atoms with Crippen molar-refractivity contribution in [3.63, 3.8) is 0 Å². The predicted molar refractivity (Wildman–Crippen MR) is 151 cm³/mol. The molecule has 6 rings (SSSR count). The standard InChI is InChI=1S/C29H37N5O3S/c1-31(2)27-8-4-7-24-23(27)6-5-9-28(24)38(36,37)30-25-10-11-26-21-16-20(18-34(26)29(25)35)17-33(19-21)22-12-14-32(3)15-13-22/h4-11,20-22,30H,12-19H2,1-3H3/p+2/t20-,21+/m0/s1. The van der Waals surface area contributed by atoms with E-state index in [2.05, 4.69) is 11.8 Å². The maximum absolute atomic E-state index is 13.6. The van der Waals surface area contributed by atoms with E-state index in [1.54, 1.807) is 28.0 Å². The average molecular weight is 538 g/mol. The van der Waals surface area contributed by atoms with Gasteiger partial charge in [0.2, 0.25) is 0 Å². The summed E-state index contributed by atoms with van der Waals surface area (Å²) in [5, 5.41) is 1.49. The lowest BCUT2D eigenvalue weighted by Gasteiger charge is -2.44. The highest BCUT2D eigenvalue weighted by Crippen LogP contribution is 2.33. The number of rotatable bonds is 5. The van der Waals surface area contributed by atoms with Crippen molar-refractivity contribution in [3.8, 4) is 0 Å². The Hall–Kier alpha value is -2.88. The van der Waals surface area contributed by atoms with Gasteiger partial charge in [0.1, 0.15) is 5.69 Å². The molecule has 1 unspecified atom stereocenters. The number of pyridine rings is 1. The average Bonchev–Trinajstić information content (AvgIpc) is 2.90. The molecule has 0 saturated carbocycles. The third-order valence-corrected chi connectivity index (χ3v) is 10.5. The van der Waals surface area contributed by atoms with Crippen molar-refractivity contribution in [3.05, 3.63) is 64.6 Å². The SMILES string of the molecule is CN(C)c1cccc2c(S(=O)(=O)Nc3ccc4n(c3=O)C[C@H]3C[C@@H]4C[NH+](C4CC[NH+](C)CC4)C3)cccc12. The Morgan fingerprint density at radius 2 is 1.71 bits per heavy atom. The first-order valence-corrected chi connectivity index (χ1v) is 15.3. The van der Waals surface area contributed by atoms with Crippen LogP contribution in [-0.4, -0.2) is 66.3 Å². The zero-order valence-corrected chi connectivity index (χ0v) is 23.4. The van der Waals surface area contributed by atoms with Gasteiger partial charge in [-0.3, -0.25) is 9.52 Å². The Morgan fingerprint density at radius 1 is 0.974 bits per heavy atom. The number of nitrogens with one attached hydrogen (secondary N) is 3. The first kappa shape index (κ1) is 25.4. The highest BCUT2D eigenvalue weighted by Gasteiger charge is 2.41. The molecule has 2 aromatic carbocycles. The molecule has 0 amide bonds. The quantitative estimate of drug-likeness (QED) is 0.444. The number of aromatic nitrogens is 1. The minimum atomic E-state index is -3.97. The predicted octanol–water partition coefficient (Wildman–Crippen LogP) is 0.547. The van der Waals surface area contributed by atoms with E-state index in [0.717, 1.165) is 42.3 Å². The molecule has 3 aliphatic heterocycles. The van der Waals surface area contributed by atoms with Crippen LogP contribution in [0.1, 0.15) is 30.9 Å². The minimum Gasteiger partial charge on any atom is -0.377 e. The van der Waals surface area contributed by atoms with Crippen LogP contribution in [0.4, 0.5) is 11.4 Å². The third-order valence-electron chi connectivity index (χ3n) is 9.04. The van der Waals surface area contributed by atoms with Crippen LogP contribution in [0.15, 0.2) is 58.2 Å². The van der Waals surface area contributed by atoms with Crippen LogP contribution in [0, 0.1) is 5.92 Å². The summed E-state index contributed by atoms with van der Waals surface area (Å²) in [5.41, 5.74) is 1.89. The molecule has 1 aromatic heterocycles. The van der Waals surface area contributed by atoms with E-state index in [9.17, 15) is 13.2 Å². The Morgan fingerprint density at radius 3 is 2.47 bits per heavy atom. The second kappa shape index (κ2) is 9.70. The number of quaternary nitrogens is 2. The molecule has 202 valence electrons. The topological polar surface area (TPSA) is 80.3 Å². The van der Waals surface area contributed by atoms with Gasteiger partial charge >= 0.3 is 0 Å². The summed E-state index contributed by atoms with van der Waals surface area (Å²) >= 11 is 0. The lowest BCUT2D eigenvalue weighted by atomic mass is 9.82. The molecule has 0 radical (unpaired) electrons. The number of sulfonamides is 1. The zero-order valence-electron chi connectivity index (χ0n) is 22.5. The maximum Gasteiger partial charge on any atom is 0.275 e. The van der Waals surface area contributed by atoms with Crippen LogP contribution in [0.2, 0.25) is 0 Å². The van der Waals surface area contributed by atoms with Crippen molar-refractivity contribution >= 4 is 32.2 Å². The summed E-state index contributed by atoms with van der Waals surface area (Å²) in [6.07, 6.45) is 3.67. The fourth-order valence-electron chi connectivity index (χ4n) is 7.12. The third kappa shape index (κ3) is 4.50. The molecule has 2 saturated heterocycles. The van der Waals surface area contributed by atoms with E-state index in [1.807, 2.05) is 53.9 Å². The minimum absolute atomic E-state index is 0.122. The monoisotopic (exact) mass is 537 g/mol. The van der Waals surface area contributed by atoms with Crippen molar-refractivity contribution in [1.29, 1.82) is 0 Å². The fourth-order valence-corrected chi connectivity index (χ4v) is 8.40. The summed E-state index contributed by atoms with van der Waals surface area (Å²) < 4.78 is 31.6. The summed E-state index contributed by atoms with van der Waals surface area (Å²) in [6.45, 7) is 5.33. The van der Waals surface area contributed by atoms with E-state index in [1.165, 1.54) is 25.9 Å². The highest BCUT2D eigenvalue weighted by atomic mass is 32.2. The van der Waals surface area contributed by atoms with Gasteiger partial charge in [-0.1, -0.05) is 24.3 Å². The van der Waals surface area contributed by atoms with Gasteiger partial charge in [0, 0.05) is 67.5 Å². The molecule has 3 atom stereocenters. The molecule has 2 bridgehead atoms. The molecular formula is C29H39N5O3S+2. The van der Waals surface area contributed by atoms with Crippen LogP contribution in [-0.2, 0) is 16.6 Å². The van der Waals surface area contributed by atoms with Crippen LogP contribution >= 0.6 is 0 Å². The van der Waals surface area contributed by atoms with E-state index in [4.69, 9.17) is 0 Å². The Bertz CT molecular complexity index is 1520. The van der Waals surface area contributed by atoms with Crippen molar-refractivity contribution in [1.82, 2.24) is 4.57 Å². The lowest BCUT2D eigenvalue weighted by molar-refractivity contribution is -0.959. The molecule has 3 aliphatic rings. The molecule has 4 heterocycles. The second-order valence-corrected chi connectivity index (χ2v) is 13.5. The van der Waals surface area contributed by atoms with Crippen molar-refractivity contribution in [2.75, 3.05) is 56.9 Å². The van der Waals surface area contributed by atoms with Crippen LogP contribution in [0.25, 0.3) is 10.8 Å². The van der Waals surface area contributed by atoms with E-state index < -0.39 is 10.0 Å². The van der Waals surface area contributed by atoms with Crippen LogP contribution in [0.5, 0.6) is 0 Å². The number of likely N-dealkylation sites (tertiary alicyclic amines) is 2. The Kier molecular flexibility index (Phi) is 6.48. The van der Waals surface area contributed by atoms with E-state index >= 15 is 0 Å². The van der Waals surface area contributed by atoms with Crippen LogP contribution < -0.4 is 25.0 Å². The number of fused-ring (bicyclic) bond motifs is 5. The lowest BCUT2D eigenvalue weighted by Crippen LogP contribution is -3.21. The van der Waals surface area contributed by atoms with Crippen LogP contribution in [0.3, 0.4) is 0 Å². The van der Waals surface area contributed by atoms with Gasteiger partial charge in [0.15, 0.2) is 0 Å². The smallest absolute Gasteiger partial charge is 0.275 e. The van der Waals surface area contributed by atoms with Gasteiger partial charge in [0.25, 0.3) is 15.6 Å². The highest BCUT2D eigenvalue weighted by molar-refractivity contribution is 7.93. The summed E-state index contributed by atoms with van der Waals surface area (Å²) in [5.74, 6) is 0.806. The normalized spacial score (nSPS) is 27.1. The summed E-state index contributed by atoms with van der Waals surface area (Å²) in [4.78, 5) is 19.1. The van der Waals surface area contributed by atoms with Gasteiger partial charge in [-0.15, -0.1) is 0 Å². The van der Waals surface area contributed by atoms with Gasteiger partial charge < -0.3 is 19.3 Å². The van der Waals surface area contributed by atoms with Crippen molar-refractivity contribution in [2.45, 2.75) is 42.7 Å². The number of hydrogen-bond acceptors (Lipinski definition) is 4. The Labute approximate surface area is 224 Å². The zero-order chi connectivity index (χ0) is 26.6. The molecule has 0 spiro atoms. The maximum atomic E-state index is 13.6. The second-order valence-electron chi connectivity index (χ2n) is 11.8. The number of nitrogens with zero attached hydrogens (tertiary/aromatic N) is 2. The molecule has 38 heavy (non-hydrogen) atoms. The van der Waals surface area contributed by atoms with Gasteiger partial charge in [0.05, 0.1) is 44.2 Å². The summed E-state index contributed by atoms with van der Waals surface area (Å²) in [7, 11) is 2.19. The first-order chi connectivity index (χ1) is 18.2. The summed E-state index contributed by atoms with van der Waals surface area (Å²) in [6, 6.07) is 15.3. The van der Waals surface area contributed by atoms with Gasteiger partial charge in [-0.05, 0) is 30.7 Å². The number of piperidine rings is 2. The molecule has 0 aliphatic carbocycles. The molecule has 3 aromatic rings. The van der Waals surface area contributed by atoms with Crippen molar-refractivity contribution < 1.29 is 18.2 Å². The first-order valence-electron chi connectivity index (χ1n) is 13.8. The number of benzene rings is 2. The molecule has 8 nitrogen and oxygen atoms in total. The van der Waals surface area contributed by atoms with Gasteiger partial charge in [-0.2, -0.15) is 0 Å². The molecule has 2 fully saturated rings. The van der Waals surface area contributed by atoms with E-state index in [0.29, 0.717) is 23.8 Å². The fraction of sp³-hybridized carbons (Fsp3) is 0.483.